The van der Waals surface area contributed by atoms with Crippen LogP contribution in [-0.4, -0.2) is 23.0 Å². The van der Waals surface area contributed by atoms with Crippen LogP contribution in [-0.2, 0) is 17.5 Å². The van der Waals surface area contributed by atoms with Crippen molar-refractivity contribution in [1.82, 2.24) is 9.97 Å². The fourth-order valence-corrected chi connectivity index (χ4v) is 3.35. The summed E-state index contributed by atoms with van der Waals surface area (Å²) in [5.41, 5.74) is 3.05. The molecule has 8 heteroatoms. The van der Waals surface area contributed by atoms with Crippen LogP contribution in [0, 0.1) is 0 Å². The van der Waals surface area contributed by atoms with Crippen LogP contribution in [0.15, 0.2) is 72.8 Å². The number of benzene rings is 3. The number of aromatic nitrogens is 2. The summed E-state index contributed by atoms with van der Waals surface area (Å²) in [5, 5.41) is 3.49. The van der Waals surface area contributed by atoms with Crippen LogP contribution in [0.4, 0.5) is 19.0 Å². The maximum atomic E-state index is 13.2. The van der Waals surface area contributed by atoms with Crippen LogP contribution in [0.1, 0.15) is 21.7 Å². The second-order valence-electron chi connectivity index (χ2n) is 7.00. The minimum Gasteiger partial charge on any atom is -0.465 e. The van der Waals surface area contributed by atoms with Crippen molar-refractivity contribution < 1.29 is 22.7 Å². The molecule has 0 aliphatic heterocycles. The average Bonchev–Trinajstić information content (AvgIpc) is 2.81. The van der Waals surface area contributed by atoms with E-state index in [4.69, 9.17) is 4.74 Å². The van der Waals surface area contributed by atoms with E-state index in [9.17, 15) is 18.0 Å². The highest BCUT2D eigenvalue weighted by Crippen LogP contribution is 2.30. The normalized spacial score (nSPS) is 11.4. The first kappa shape index (κ1) is 21.3. The Labute approximate surface area is 181 Å². The number of hydrogen-bond donors (Lipinski definition) is 1. The number of ether oxygens (including phenoxy) is 1. The third-order valence-corrected chi connectivity index (χ3v) is 4.91. The number of esters is 1. The van der Waals surface area contributed by atoms with E-state index in [1.807, 2.05) is 36.4 Å². The lowest BCUT2D eigenvalue weighted by atomic mass is 9.98. The summed E-state index contributed by atoms with van der Waals surface area (Å²) in [4.78, 5) is 19.3. The van der Waals surface area contributed by atoms with Gasteiger partial charge in [0.1, 0.15) is 5.82 Å². The summed E-state index contributed by atoms with van der Waals surface area (Å²) in [6, 6.07) is 21.0. The number of nitrogens with one attached hydrogen (secondary N) is 1. The first-order valence-electron chi connectivity index (χ1n) is 9.71. The fourth-order valence-electron chi connectivity index (χ4n) is 3.35. The van der Waals surface area contributed by atoms with E-state index in [-0.39, 0.29) is 17.9 Å². The first-order valence-corrected chi connectivity index (χ1v) is 9.71. The third-order valence-electron chi connectivity index (χ3n) is 4.91. The highest BCUT2D eigenvalue weighted by molar-refractivity contribution is 5.97. The van der Waals surface area contributed by atoms with Gasteiger partial charge in [0, 0.05) is 11.9 Å². The number of para-hydroxylation sites is 1. The van der Waals surface area contributed by atoms with Crippen molar-refractivity contribution in [3.8, 4) is 11.1 Å². The molecule has 1 N–H and O–H groups in total. The number of fused-ring (bicyclic) bond motifs is 1. The Morgan fingerprint density at radius 2 is 1.62 bits per heavy atom. The van der Waals surface area contributed by atoms with Crippen LogP contribution in [0.25, 0.3) is 22.0 Å². The second kappa shape index (κ2) is 8.66. The minimum atomic E-state index is -4.64. The van der Waals surface area contributed by atoms with Gasteiger partial charge in [0.2, 0.25) is 5.82 Å². The van der Waals surface area contributed by atoms with E-state index in [1.165, 1.54) is 13.2 Å². The molecule has 0 saturated carbocycles. The highest BCUT2D eigenvalue weighted by atomic mass is 19.4. The Hall–Kier alpha value is -3.94. The van der Waals surface area contributed by atoms with Crippen LogP contribution in [0.3, 0.4) is 0 Å². The van der Waals surface area contributed by atoms with Gasteiger partial charge in [0.15, 0.2) is 0 Å². The lowest BCUT2D eigenvalue weighted by Crippen LogP contribution is -2.13. The molecule has 3 aromatic carbocycles. The molecule has 5 nitrogen and oxygen atoms in total. The standard InChI is InChI=1S/C24H18F3N3O2/c1-32-22(31)18-7-3-2-6-17(18)16-12-10-15(11-13-16)14-28-21-19-8-4-5-9-20(19)29-23(30-21)24(25,26)27/h2-13H,14H2,1H3,(H,28,29,30). The van der Waals surface area contributed by atoms with Crippen molar-refractivity contribution in [3.63, 3.8) is 0 Å². The molecular weight excluding hydrogens is 419 g/mol. The van der Waals surface area contributed by atoms with Crippen molar-refractivity contribution in [2.24, 2.45) is 0 Å². The Morgan fingerprint density at radius 1 is 0.938 bits per heavy atom. The molecule has 162 valence electrons. The largest absolute Gasteiger partial charge is 0.465 e. The van der Waals surface area contributed by atoms with Gasteiger partial charge in [-0.25, -0.2) is 14.8 Å². The summed E-state index contributed by atoms with van der Waals surface area (Å²) in [7, 11) is 1.33. The molecule has 0 atom stereocenters. The monoisotopic (exact) mass is 437 g/mol. The molecular formula is C24H18F3N3O2. The Morgan fingerprint density at radius 3 is 2.34 bits per heavy atom. The maximum Gasteiger partial charge on any atom is 0.451 e. The predicted molar refractivity (Wildman–Crippen MR) is 115 cm³/mol. The summed E-state index contributed by atoms with van der Waals surface area (Å²) in [6.07, 6.45) is -4.64. The molecule has 0 fully saturated rings. The van der Waals surface area contributed by atoms with Crippen molar-refractivity contribution in [1.29, 1.82) is 0 Å². The van der Waals surface area contributed by atoms with Gasteiger partial charge in [0.05, 0.1) is 18.2 Å². The zero-order valence-electron chi connectivity index (χ0n) is 17.0. The van der Waals surface area contributed by atoms with Gasteiger partial charge in [-0.15, -0.1) is 0 Å². The highest BCUT2D eigenvalue weighted by Gasteiger charge is 2.35. The van der Waals surface area contributed by atoms with Crippen molar-refractivity contribution >= 4 is 22.7 Å². The number of anilines is 1. The van der Waals surface area contributed by atoms with E-state index < -0.39 is 18.0 Å². The van der Waals surface area contributed by atoms with Crippen LogP contribution in [0.2, 0.25) is 0 Å². The number of carbonyl (C=O) groups excluding carboxylic acids is 1. The number of carbonyl (C=O) groups is 1. The summed E-state index contributed by atoms with van der Waals surface area (Å²) >= 11 is 0. The molecule has 1 heterocycles. The van der Waals surface area contributed by atoms with Gasteiger partial charge >= 0.3 is 12.1 Å². The predicted octanol–water partition coefficient (Wildman–Crippen LogP) is 5.71. The summed E-state index contributed by atoms with van der Waals surface area (Å²) in [5.74, 6) is -1.50. The molecule has 0 aliphatic rings. The van der Waals surface area contributed by atoms with Gasteiger partial charge in [-0.3, -0.25) is 0 Å². The number of methoxy groups -OCH3 is 1. The first-order chi connectivity index (χ1) is 15.4. The molecule has 0 spiro atoms. The van der Waals surface area contributed by atoms with Crippen molar-refractivity contribution in [2.75, 3.05) is 12.4 Å². The van der Waals surface area contributed by atoms with Crippen molar-refractivity contribution in [3.05, 3.63) is 89.7 Å². The van der Waals surface area contributed by atoms with Gasteiger partial charge in [-0.1, -0.05) is 54.6 Å². The molecule has 0 aliphatic carbocycles. The van der Waals surface area contributed by atoms with Crippen LogP contribution < -0.4 is 5.32 Å². The minimum absolute atomic E-state index is 0.114. The van der Waals surface area contributed by atoms with Gasteiger partial charge in [0.25, 0.3) is 0 Å². The molecule has 4 aromatic rings. The molecule has 0 radical (unpaired) electrons. The van der Waals surface area contributed by atoms with Gasteiger partial charge in [-0.2, -0.15) is 13.2 Å². The number of rotatable bonds is 5. The Bertz CT molecular complexity index is 1270. The smallest absolute Gasteiger partial charge is 0.451 e. The Balaban J connectivity index is 1.59. The number of nitrogens with zero attached hydrogens (tertiary/aromatic N) is 2. The average molecular weight is 437 g/mol. The third kappa shape index (κ3) is 4.39. The van der Waals surface area contributed by atoms with E-state index in [2.05, 4.69) is 15.3 Å². The van der Waals surface area contributed by atoms with Crippen LogP contribution >= 0.6 is 0 Å². The summed E-state index contributed by atoms with van der Waals surface area (Å²) in [6.45, 7) is 0.261. The van der Waals surface area contributed by atoms with Gasteiger partial charge in [-0.05, 0) is 34.9 Å². The molecule has 0 amide bonds. The lowest BCUT2D eigenvalue weighted by Gasteiger charge is -2.13. The zero-order chi connectivity index (χ0) is 22.7. The van der Waals surface area contributed by atoms with E-state index >= 15 is 0 Å². The molecule has 0 saturated heterocycles. The second-order valence-corrected chi connectivity index (χ2v) is 7.00. The topological polar surface area (TPSA) is 64.1 Å². The van der Waals surface area contributed by atoms with Gasteiger partial charge < -0.3 is 10.1 Å². The zero-order valence-corrected chi connectivity index (χ0v) is 17.0. The number of halogens is 3. The lowest BCUT2D eigenvalue weighted by molar-refractivity contribution is -0.144. The Kier molecular flexibility index (Phi) is 5.77. The molecule has 4 rings (SSSR count). The number of alkyl halides is 3. The quantitative estimate of drug-likeness (QED) is 0.405. The van der Waals surface area contributed by atoms with E-state index in [0.29, 0.717) is 10.9 Å². The molecule has 0 bridgehead atoms. The van der Waals surface area contributed by atoms with Crippen molar-refractivity contribution in [2.45, 2.75) is 12.7 Å². The van der Waals surface area contributed by atoms with E-state index in [1.54, 1.807) is 30.3 Å². The van der Waals surface area contributed by atoms with E-state index in [0.717, 1.165) is 16.7 Å². The molecule has 0 unspecified atom stereocenters. The number of hydrogen-bond acceptors (Lipinski definition) is 5. The van der Waals surface area contributed by atoms with Crippen LogP contribution in [0.5, 0.6) is 0 Å². The molecule has 1 aromatic heterocycles. The fraction of sp³-hybridized carbons (Fsp3) is 0.125. The summed E-state index contributed by atoms with van der Waals surface area (Å²) < 4.78 is 44.4. The molecule has 32 heavy (non-hydrogen) atoms. The maximum absolute atomic E-state index is 13.2. The SMILES string of the molecule is COC(=O)c1ccccc1-c1ccc(CNc2nc(C(F)(F)F)nc3ccccc23)cc1.